The van der Waals surface area contributed by atoms with Crippen LogP contribution in [0.1, 0.15) is 58.3 Å². The normalized spacial score (nSPS) is 25.1. The first-order valence-corrected chi connectivity index (χ1v) is 9.79. The zero-order valence-corrected chi connectivity index (χ0v) is 17.6. The van der Waals surface area contributed by atoms with Gasteiger partial charge in [-0.1, -0.05) is 11.6 Å². The predicted octanol–water partition coefficient (Wildman–Crippen LogP) is 3.53. The summed E-state index contributed by atoms with van der Waals surface area (Å²) in [5.74, 6) is 1.76. The van der Waals surface area contributed by atoms with Crippen LogP contribution in [0.4, 0.5) is 0 Å². The molecule has 2 N–H and O–H groups in total. The molecular weight excluding hydrogens is 411 g/mol. The molecule has 1 saturated heterocycles. The van der Waals surface area contributed by atoms with Gasteiger partial charge in [0.15, 0.2) is 5.96 Å². The quantitative estimate of drug-likeness (QED) is 0.272. The first-order valence-electron chi connectivity index (χ1n) is 9.79. The minimum Gasteiger partial charge on any atom is -0.357 e. The average molecular weight is 446 g/mol. The number of hydrogen-bond acceptors (Lipinski definition) is 2. The molecule has 1 saturated carbocycles. The topological polar surface area (TPSA) is 39.7 Å². The second-order valence-electron chi connectivity index (χ2n) is 7.39. The third kappa shape index (κ3) is 6.54. The molecule has 1 atom stereocenters. The maximum Gasteiger partial charge on any atom is 0.191 e. The standard InChI is InChI=1S/C19H34N4.HI/c1-2-20-19(21-12-10-16-6-4-3-5-7-16)22-14-17-11-13-23(15-17)18-8-9-18;/h6,17-18H,2-5,7-15H2,1H3,(H2,20,21,22);1H. The van der Waals surface area contributed by atoms with Crippen LogP contribution < -0.4 is 10.6 Å². The molecule has 3 rings (SSSR count). The molecule has 3 aliphatic rings. The Morgan fingerprint density at radius 1 is 1.25 bits per heavy atom. The Hall–Kier alpha value is -0.300. The van der Waals surface area contributed by atoms with Crippen molar-refractivity contribution in [2.45, 2.75) is 64.3 Å². The van der Waals surface area contributed by atoms with Gasteiger partial charge >= 0.3 is 0 Å². The molecule has 0 amide bonds. The van der Waals surface area contributed by atoms with Crippen LogP contribution in [0.5, 0.6) is 0 Å². The minimum absolute atomic E-state index is 0. The SMILES string of the molecule is CCNC(=NCC1CCN(C2CC2)C1)NCCC1=CCCCC1.I. The summed E-state index contributed by atoms with van der Waals surface area (Å²) in [6, 6.07) is 0.916. The number of hydrogen-bond donors (Lipinski definition) is 2. The lowest BCUT2D eigenvalue weighted by atomic mass is 9.97. The fourth-order valence-corrected chi connectivity index (χ4v) is 3.82. The van der Waals surface area contributed by atoms with E-state index in [9.17, 15) is 0 Å². The molecule has 0 radical (unpaired) electrons. The van der Waals surface area contributed by atoms with Crippen molar-refractivity contribution >= 4 is 29.9 Å². The predicted molar refractivity (Wildman–Crippen MR) is 113 cm³/mol. The highest BCUT2D eigenvalue weighted by Gasteiger charge is 2.34. The molecule has 0 bridgehead atoms. The molecule has 0 spiro atoms. The van der Waals surface area contributed by atoms with Gasteiger partial charge < -0.3 is 15.5 Å². The van der Waals surface area contributed by atoms with E-state index < -0.39 is 0 Å². The van der Waals surface area contributed by atoms with Crippen LogP contribution in [0.15, 0.2) is 16.6 Å². The van der Waals surface area contributed by atoms with E-state index >= 15 is 0 Å². The van der Waals surface area contributed by atoms with Crippen molar-refractivity contribution in [2.24, 2.45) is 10.9 Å². The van der Waals surface area contributed by atoms with E-state index in [-0.39, 0.29) is 24.0 Å². The van der Waals surface area contributed by atoms with Gasteiger partial charge in [0.2, 0.25) is 0 Å². The Balaban J connectivity index is 0.00000208. The monoisotopic (exact) mass is 446 g/mol. The summed E-state index contributed by atoms with van der Waals surface area (Å²) >= 11 is 0. The van der Waals surface area contributed by atoms with E-state index in [2.05, 4.69) is 28.5 Å². The summed E-state index contributed by atoms with van der Waals surface area (Å²) < 4.78 is 0. The molecule has 24 heavy (non-hydrogen) atoms. The highest BCUT2D eigenvalue weighted by atomic mass is 127. The number of rotatable bonds is 7. The third-order valence-corrected chi connectivity index (χ3v) is 5.36. The molecule has 0 aromatic rings. The van der Waals surface area contributed by atoms with E-state index in [1.165, 1.54) is 64.5 Å². The smallest absolute Gasteiger partial charge is 0.191 e. The minimum atomic E-state index is 0. The maximum atomic E-state index is 4.84. The maximum absolute atomic E-state index is 4.84. The van der Waals surface area contributed by atoms with Gasteiger partial charge in [0.1, 0.15) is 0 Å². The van der Waals surface area contributed by atoms with Crippen molar-refractivity contribution < 1.29 is 0 Å². The summed E-state index contributed by atoms with van der Waals surface area (Å²) in [4.78, 5) is 7.52. The van der Waals surface area contributed by atoms with Gasteiger partial charge in [-0.15, -0.1) is 24.0 Å². The van der Waals surface area contributed by atoms with E-state index in [0.29, 0.717) is 0 Å². The van der Waals surface area contributed by atoms with Gasteiger partial charge in [-0.05, 0) is 70.8 Å². The number of halogens is 1. The fraction of sp³-hybridized carbons (Fsp3) is 0.842. The summed E-state index contributed by atoms with van der Waals surface area (Å²) in [7, 11) is 0. The molecule has 5 heteroatoms. The largest absolute Gasteiger partial charge is 0.357 e. The van der Waals surface area contributed by atoms with Gasteiger partial charge in [-0.25, -0.2) is 0 Å². The Morgan fingerprint density at radius 3 is 2.83 bits per heavy atom. The molecular formula is C19H35IN4. The van der Waals surface area contributed by atoms with Crippen LogP contribution in [0.25, 0.3) is 0 Å². The fourth-order valence-electron chi connectivity index (χ4n) is 3.82. The van der Waals surface area contributed by atoms with E-state index in [1.54, 1.807) is 5.57 Å². The number of nitrogens with zero attached hydrogens (tertiary/aromatic N) is 2. The number of nitrogens with one attached hydrogen (secondary N) is 2. The van der Waals surface area contributed by atoms with Gasteiger partial charge in [0, 0.05) is 32.2 Å². The van der Waals surface area contributed by atoms with Crippen LogP contribution in [0, 0.1) is 5.92 Å². The van der Waals surface area contributed by atoms with Crippen molar-refractivity contribution in [1.82, 2.24) is 15.5 Å². The zero-order valence-electron chi connectivity index (χ0n) is 15.2. The molecule has 0 aromatic carbocycles. The first kappa shape index (κ1) is 20.0. The second-order valence-corrected chi connectivity index (χ2v) is 7.39. The van der Waals surface area contributed by atoms with Gasteiger partial charge in [-0.3, -0.25) is 4.99 Å². The first-order chi connectivity index (χ1) is 11.3. The lowest BCUT2D eigenvalue weighted by Crippen LogP contribution is -2.38. The second kappa shape index (κ2) is 10.6. The molecule has 1 aliphatic heterocycles. The Kier molecular flexibility index (Phi) is 8.87. The molecule has 4 nitrogen and oxygen atoms in total. The Bertz CT molecular complexity index is 431. The lowest BCUT2D eigenvalue weighted by molar-refractivity contribution is 0.315. The molecule has 138 valence electrons. The van der Waals surface area contributed by atoms with Crippen LogP contribution in [0.2, 0.25) is 0 Å². The number of likely N-dealkylation sites (tertiary alicyclic amines) is 1. The van der Waals surface area contributed by atoms with Crippen molar-refractivity contribution in [2.75, 3.05) is 32.7 Å². The van der Waals surface area contributed by atoms with Crippen molar-refractivity contribution in [3.63, 3.8) is 0 Å². The number of allylic oxidation sites excluding steroid dienone is 1. The van der Waals surface area contributed by atoms with Crippen molar-refractivity contribution in [3.05, 3.63) is 11.6 Å². The third-order valence-electron chi connectivity index (χ3n) is 5.36. The zero-order chi connectivity index (χ0) is 15.9. The van der Waals surface area contributed by atoms with Gasteiger partial charge in [0.05, 0.1) is 0 Å². The summed E-state index contributed by atoms with van der Waals surface area (Å²) in [6.07, 6.45) is 13.1. The highest BCUT2D eigenvalue weighted by Crippen LogP contribution is 2.31. The van der Waals surface area contributed by atoms with Crippen molar-refractivity contribution in [1.29, 1.82) is 0 Å². The van der Waals surface area contributed by atoms with Crippen LogP contribution in [0.3, 0.4) is 0 Å². The summed E-state index contributed by atoms with van der Waals surface area (Å²) in [6.45, 7) is 7.62. The highest BCUT2D eigenvalue weighted by molar-refractivity contribution is 14.0. The average Bonchev–Trinajstić information content (AvgIpc) is 3.32. The summed E-state index contributed by atoms with van der Waals surface area (Å²) in [5, 5.41) is 6.92. The van der Waals surface area contributed by atoms with E-state index in [1.807, 2.05) is 0 Å². The lowest BCUT2D eigenvalue weighted by Gasteiger charge is -2.16. The van der Waals surface area contributed by atoms with Crippen LogP contribution in [-0.4, -0.2) is 49.6 Å². The molecule has 2 fully saturated rings. The molecule has 1 heterocycles. The molecule has 1 unspecified atom stereocenters. The summed E-state index contributed by atoms with van der Waals surface area (Å²) in [5.41, 5.74) is 1.63. The van der Waals surface area contributed by atoms with E-state index in [0.717, 1.165) is 37.6 Å². The number of guanidine groups is 1. The van der Waals surface area contributed by atoms with Gasteiger partial charge in [-0.2, -0.15) is 0 Å². The van der Waals surface area contributed by atoms with Crippen LogP contribution >= 0.6 is 24.0 Å². The van der Waals surface area contributed by atoms with Crippen LogP contribution in [-0.2, 0) is 0 Å². The Labute approximate surface area is 164 Å². The Morgan fingerprint density at radius 2 is 2.12 bits per heavy atom. The molecule has 0 aromatic heterocycles. The van der Waals surface area contributed by atoms with Crippen molar-refractivity contribution in [3.8, 4) is 0 Å². The molecule has 2 aliphatic carbocycles. The van der Waals surface area contributed by atoms with Gasteiger partial charge in [0.25, 0.3) is 0 Å². The van der Waals surface area contributed by atoms with E-state index in [4.69, 9.17) is 4.99 Å². The number of aliphatic imine (C=N–C) groups is 1.